The lowest BCUT2D eigenvalue weighted by molar-refractivity contribution is 0.0697. The molecule has 0 radical (unpaired) electrons. The monoisotopic (exact) mass is 282 g/mol. The van der Waals surface area contributed by atoms with E-state index in [9.17, 15) is 4.79 Å². The van der Waals surface area contributed by atoms with Crippen LogP contribution in [0.25, 0.3) is 11.1 Å². The van der Waals surface area contributed by atoms with Crippen LogP contribution in [0.15, 0.2) is 46.9 Å². The second-order valence-electron chi connectivity index (χ2n) is 4.88. The van der Waals surface area contributed by atoms with E-state index in [1.54, 1.807) is 6.07 Å². The van der Waals surface area contributed by atoms with Gasteiger partial charge in [0.15, 0.2) is 5.58 Å². The van der Waals surface area contributed by atoms with E-state index < -0.39 is 5.97 Å². The van der Waals surface area contributed by atoms with Gasteiger partial charge in [0.1, 0.15) is 5.52 Å². The zero-order valence-corrected chi connectivity index (χ0v) is 11.7. The molecule has 0 aliphatic rings. The molecule has 0 fully saturated rings. The van der Waals surface area contributed by atoms with Crippen molar-refractivity contribution in [3.05, 3.63) is 53.6 Å². The lowest BCUT2D eigenvalue weighted by Gasteiger charge is -2.14. The van der Waals surface area contributed by atoms with Crippen molar-refractivity contribution >= 4 is 28.8 Å². The Labute approximate surface area is 121 Å². The summed E-state index contributed by atoms with van der Waals surface area (Å²) in [7, 11) is 1.85. The predicted molar refractivity (Wildman–Crippen MR) is 80.2 cm³/mol. The fraction of sp³-hybridized carbons (Fsp3) is 0.125. The van der Waals surface area contributed by atoms with E-state index >= 15 is 0 Å². The van der Waals surface area contributed by atoms with Crippen LogP contribution in [0.4, 0.5) is 11.7 Å². The van der Waals surface area contributed by atoms with Gasteiger partial charge in [0, 0.05) is 12.7 Å². The van der Waals surface area contributed by atoms with Crippen LogP contribution in [0.3, 0.4) is 0 Å². The van der Waals surface area contributed by atoms with Crippen molar-refractivity contribution < 1.29 is 14.3 Å². The number of carboxylic acid groups (broad SMARTS) is 1. The van der Waals surface area contributed by atoms with Gasteiger partial charge in [-0.1, -0.05) is 17.7 Å². The zero-order valence-electron chi connectivity index (χ0n) is 11.7. The molecule has 0 spiro atoms. The number of aromatic nitrogens is 1. The molecule has 0 atom stereocenters. The van der Waals surface area contributed by atoms with E-state index in [0.717, 1.165) is 5.69 Å². The molecule has 0 unspecified atom stereocenters. The summed E-state index contributed by atoms with van der Waals surface area (Å²) in [6.07, 6.45) is 0. The molecule has 106 valence electrons. The number of carbonyl (C=O) groups is 1. The summed E-state index contributed by atoms with van der Waals surface area (Å²) in [4.78, 5) is 17.2. The maximum absolute atomic E-state index is 11.0. The number of hydrogen-bond acceptors (Lipinski definition) is 4. The van der Waals surface area contributed by atoms with Crippen molar-refractivity contribution in [3.8, 4) is 0 Å². The molecular weight excluding hydrogens is 268 g/mol. The van der Waals surface area contributed by atoms with E-state index in [4.69, 9.17) is 9.52 Å². The summed E-state index contributed by atoms with van der Waals surface area (Å²) in [5.41, 5.74) is 3.41. The number of oxazole rings is 1. The molecule has 5 heteroatoms. The van der Waals surface area contributed by atoms with Gasteiger partial charge < -0.3 is 9.52 Å². The molecule has 5 nitrogen and oxygen atoms in total. The summed E-state index contributed by atoms with van der Waals surface area (Å²) < 4.78 is 5.66. The lowest BCUT2D eigenvalue weighted by Crippen LogP contribution is -2.09. The Morgan fingerprint density at radius 2 is 1.90 bits per heavy atom. The third-order valence-corrected chi connectivity index (χ3v) is 3.33. The average molecular weight is 282 g/mol. The molecule has 1 aromatic heterocycles. The molecule has 3 rings (SSSR count). The van der Waals surface area contributed by atoms with E-state index in [2.05, 4.69) is 4.98 Å². The molecule has 3 aromatic rings. The second-order valence-corrected chi connectivity index (χ2v) is 4.88. The summed E-state index contributed by atoms with van der Waals surface area (Å²) >= 11 is 0. The topological polar surface area (TPSA) is 66.6 Å². The predicted octanol–water partition coefficient (Wildman–Crippen LogP) is 3.60. The van der Waals surface area contributed by atoms with Crippen LogP contribution in [0.1, 0.15) is 15.9 Å². The first-order valence-corrected chi connectivity index (χ1v) is 6.49. The van der Waals surface area contributed by atoms with Crippen LogP contribution in [0.2, 0.25) is 0 Å². The fourth-order valence-corrected chi connectivity index (χ4v) is 2.07. The van der Waals surface area contributed by atoms with E-state index in [1.165, 1.54) is 17.7 Å². The van der Waals surface area contributed by atoms with Gasteiger partial charge in [-0.05, 0) is 37.3 Å². The molecule has 1 heterocycles. The second kappa shape index (κ2) is 4.94. The zero-order chi connectivity index (χ0) is 15.0. The molecule has 2 aromatic carbocycles. The van der Waals surface area contributed by atoms with Gasteiger partial charge in [0.2, 0.25) is 0 Å². The number of hydrogen-bond donors (Lipinski definition) is 1. The van der Waals surface area contributed by atoms with Gasteiger partial charge in [-0.25, -0.2) is 4.79 Å². The summed E-state index contributed by atoms with van der Waals surface area (Å²) in [6.45, 7) is 2.02. The summed E-state index contributed by atoms with van der Waals surface area (Å²) in [5, 5.41) is 8.99. The standard InChI is InChI=1S/C16H14N2O3/c1-10-3-6-12(7-4-10)18(2)16-17-13-8-5-11(15(19)20)9-14(13)21-16/h3-9H,1-2H3,(H,19,20). The Kier molecular flexibility index (Phi) is 3.10. The number of anilines is 2. The van der Waals surface area contributed by atoms with Crippen LogP contribution in [-0.4, -0.2) is 23.1 Å². The van der Waals surface area contributed by atoms with Crippen LogP contribution in [0.5, 0.6) is 0 Å². The number of benzene rings is 2. The van der Waals surface area contributed by atoms with Crippen LogP contribution in [-0.2, 0) is 0 Å². The maximum Gasteiger partial charge on any atom is 0.335 e. The molecule has 0 saturated carbocycles. The van der Waals surface area contributed by atoms with Gasteiger partial charge in [-0.3, -0.25) is 4.90 Å². The van der Waals surface area contributed by atoms with Crippen molar-refractivity contribution in [1.82, 2.24) is 4.98 Å². The Morgan fingerprint density at radius 1 is 1.19 bits per heavy atom. The molecule has 0 aliphatic heterocycles. The number of fused-ring (bicyclic) bond motifs is 1. The Hall–Kier alpha value is -2.82. The number of nitrogens with zero attached hydrogens (tertiary/aromatic N) is 2. The van der Waals surface area contributed by atoms with Crippen LogP contribution >= 0.6 is 0 Å². The van der Waals surface area contributed by atoms with Crippen molar-refractivity contribution in [2.24, 2.45) is 0 Å². The fourth-order valence-electron chi connectivity index (χ4n) is 2.07. The van der Waals surface area contributed by atoms with Gasteiger partial charge in [-0.15, -0.1) is 0 Å². The average Bonchev–Trinajstić information content (AvgIpc) is 2.90. The van der Waals surface area contributed by atoms with Gasteiger partial charge in [-0.2, -0.15) is 4.98 Å². The van der Waals surface area contributed by atoms with Gasteiger partial charge in [0.25, 0.3) is 0 Å². The lowest BCUT2D eigenvalue weighted by atomic mass is 10.2. The Bertz CT molecular complexity index is 806. The van der Waals surface area contributed by atoms with Crippen molar-refractivity contribution in [2.45, 2.75) is 6.92 Å². The minimum atomic E-state index is -0.985. The van der Waals surface area contributed by atoms with Crippen molar-refractivity contribution in [1.29, 1.82) is 0 Å². The molecule has 0 saturated heterocycles. The van der Waals surface area contributed by atoms with E-state index in [0.29, 0.717) is 17.1 Å². The largest absolute Gasteiger partial charge is 0.478 e. The van der Waals surface area contributed by atoms with Gasteiger partial charge >= 0.3 is 12.0 Å². The number of rotatable bonds is 3. The number of aryl methyl sites for hydroxylation is 1. The van der Waals surface area contributed by atoms with Crippen LogP contribution < -0.4 is 4.90 Å². The number of carboxylic acids is 1. The minimum absolute atomic E-state index is 0.184. The molecule has 0 aliphatic carbocycles. The summed E-state index contributed by atoms with van der Waals surface area (Å²) in [5.74, 6) is -0.985. The maximum atomic E-state index is 11.0. The highest BCUT2D eigenvalue weighted by atomic mass is 16.4. The normalized spacial score (nSPS) is 10.8. The minimum Gasteiger partial charge on any atom is -0.478 e. The molecule has 0 amide bonds. The van der Waals surface area contributed by atoms with Crippen molar-refractivity contribution in [3.63, 3.8) is 0 Å². The quantitative estimate of drug-likeness (QED) is 0.795. The Balaban J connectivity index is 2.00. The number of aromatic carboxylic acids is 1. The highest BCUT2D eigenvalue weighted by Gasteiger charge is 2.13. The smallest absolute Gasteiger partial charge is 0.335 e. The highest BCUT2D eigenvalue weighted by Crippen LogP contribution is 2.27. The van der Waals surface area contributed by atoms with Crippen LogP contribution in [0, 0.1) is 6.92 Å². The van der Waals surface area contributed by atoms with E-state index in [1.807, 2.05) is 43.1 Å². The van der Waals surface area contributed by atoms with Crippen molar-refractivity contribution in [2.75, 3.05) is 11.9 Å². The first-order valence-electron chi connectivity index (χ1n) is 6.49. The third kappa shape index (κ3) is 2.45. The molecular formula is C16H14N2O3. The van der Waals surface area contributed by atoms with E-state index in [-0.39, 0.29) is 5.56 Å². The molecule has 0 bridgehead atoms. The highest BCUT2D eigenvalue weighted by molar-refractivity contribution is 5.92. The first-order chi connectivity index (χ1) is 10.0. The summed E-state index contributed by atoms with van der Waals surface area (Å²) in [6, 6.07) is 13.1. The third-order valence-electron chi connectivity index (χ3n) is 3.33. The molecule has 21 heavy (non-hydrogen) atoms. The van der Waals surface area contributed by atoms with Gasteiger partial charge in [0.05, 0.1) is 5.56 Å². The Morgan fingerprint density at radius 3 is 2.57 bits per heavy atom. The molecule has 1 N–H and O–H groups in total. The first kappa shape index (κ1) is 13.2. The SMILES string of the molecule is Cc1ccc(N(C)c2nc3ccc(C(=O)O)cc3o2)cc1.